The second-order valence-electron chi connectivity index (χ2n) is 16.4. The quantitative estimate of drug-likeness (QED) is 0.239. The van der Waals surface area contributed by atoms with Crippen molar-refractivity contribution in [3.8, 4) is 0 Å². The van der Waals surface area contributed by atoms with E-state index in [1.54, 1.807) is 24.5 Å². The molecule has 2 rings (SSSR count). The first-order valence-corrected chi connectivity index (χ1v) is 17.6. The summed E-state index contributed by atoms with van der Waals surface area (Å²) in [6.45, 7) is 38.5. The summed E-state index contributed by atoms with van der Waals surface area (Å²) in [6.07, 6.45) is 5.14. The van der Waals surface area contributed by atoms with Crippen LogP contribution in [0.4, 0.5) is 4.79 Å². The smallest absolute Gasteiger partial charge is 0.410 e. The van der Waals surface area contributed by atoms with Crippen LogP contribution in [0, 0.1) is 29.6 Å². The summed E-state index contributed by atoms with van der Waals surface area (Å²) in [5.41, 5.74) is -0.688. The summed E-state index contributed by atoms with van der Waals surface area (Å²) in [5.74, 6) is 1.94. The summed E-state index contributed by atoms with van der Waals surface area (Å²) >= 11 is 0. The first-order chi connectivity index (χ1) is 21.6. The molecule has 1 aromatic rings. The number of nitrogens with one attached hydrogen (secondary N) is 1. The number of carbonyl (C=O) groups is 3. The fourth-order valence-electron chi connectivity index (χ4n) is 3.49. The van der Waals surface area contributed by atoms with Gasteiger partial charge in [-0.3, -0.25) is 19.2 Å². The molecule has 0 unspecified atom stereocenters. The molecule has 0 aromatic carbocycles. The molecule has 2 N–H and O–H groups in total. The van der Waals surface area contributed by atoms with Crippen LogP contribution >= 0.6 is 0 Å². The number of rotatable bonds is 10. The van der Waals surface area contributed by atoms with Crippen LogP contribution < -0.4 is 5.32 Å². The van der Waals surface area contributed by atoms with Gasteiger partial charge in [-0.15, -0.1) is 0 Å². The fraction of sp³-hybridized carbons (Fsp3) is 0.865. The Morgan fingerprint density at radius 2 is 1.46 bits per heavy atom. The second kappa shape index (κ2) is 24.4. The van der Waals surface area contributed by atoms with Gasteiger partial charge in [-0.2, -0.15) is 5.10 Å². The topological polar surface area (TPSA) is 136 Å². The molecule has 2 heterocycles. The Morgan fingerprint density at radius 3 is 1.69 bits per heavy atom. The fourth-order valence-corrected chi connectivity index (χ4v) is 3.49. The van der Waals surface area contributed by atoms with E-state index in [-0.39, 0.29) is 40.9 Å². The predicted molar refractivity (Wildman–Crippen MR) is 196 cm³/mol. The number of carbonyl (C=O) groups excluding carboxylic acids is 3. The van der Waals surface area contributed by atoms with E-state index in [1.165, 1.54) is 0 Å². The van der Waals surface area contributed by atoms with E-state index < -0.39 is 5.60 Å². The molecule has 1 fully saturated rings. The number of hydrogen-bond donors (Lipinski definition) is 2. The van der Waals surface area contributed by atoms with Crippen molar-refractivity contribution in [1.29, 1.82) is 0 Å². The maximum absolute atomic E-state index is 11.2. The van der Waals surface area contributed by atoms with Gasteiger partial charge < -0.3 is 19.9 Å². The van der Waals surface area contributed by atoms with Gasteiger partial charge in [0, 0.05) is 24.5 Å². The molecule has 48 heavy (non-hydrogen) atoms. The molecule has 0 radical (unpaired) electrons. The summed E-state index contributed by atoms with van der Waals surface area (Å²) < 4.78 is 11.5. The number of esters is 1. The zero-order valence-electron chi connectivity index (χ0n) is 34.1. The number of aliphatic hydroxyl groups is 1. The van der Waals surface area contributed by atoms with Gasteiger partial charge in [-0.05, 0) is 86.0 Å². The van der Waals surface area contributed by atoms with Crippen LogP contribution in [-0.4, -0.2) is 79.2 Å². The Labute approximate surface area is 294 Å². The van der Waals surface area contributed by atoms with Crippen molar-refractivity contribution in [2.24, 2.45) is 29.6 Å². The minimum absolute atomic E-state index is 0.00921. The zero-order chi connectivity index (χ0) is 38.5. The number of amides is 2. The van der Waals surface area contributed by atoms with Gasteiger partial charge in [-0.25, -0.2) is 9.78 Å². The highest BCUT2D eigenvalue weighted by Crippen LogP contribution is 2.24. The molecule has 284 valence electrons. The van der Waals surface area contributed by atoms with Crippen LogP contribution in [0.5, 0.6) is 0 Å². The Balaban J connectivity index is -0.000000531. The third-order valence-corrected chi connectivity index (χ3v) is 6.18. The van der Waals surface area contributed by atoms with E-state index in [0.29, 0.717) is 31.0 Å². The van der Waals surface area contributed by atoms with Crippen molar-refractivity contribution >= 4 is 18.0 Å². The Hall–Kier alpha value is -2.69. The molecule has 2 amide bonds. The summed E-state index contributed by atoms with van der Waals surface area (Å²) in [4.78, 5) is 38.4. The lowest BCUT2D eigenvalue weighted by Crippen LogP contribution is -2.43. The van der Waals surface area contributed by atoms with Gasteiger partial charge in [0.2, 0.25) is 5.91 Å². The van der Waals surface area contributed by atoms with Crippen LogP contribution in [0.15, 0.2) is 12.7 Å². The molecule has 1 aliphatic heterocycles. The Bertz CT molecular complexity index is 975. The van der Waals surface area contributed by atoms with Gasteiger partial charge in [0.1, 0.15) is 19.3 Å². The first-order valence-electron chi connectivity index (χ1n) is 17.6. The van der Waals surface area contributed by atoms with Crippen LogP contribution in [0.1, 0.15) is 137 Å². The van der Waals surface area contributed by atoms with Gasteiger partial charge in [0.25, 0.3) is 0 Å². The zero-order valence-corrected chi connectivity index (χ0v) is 34.1. The normalized spacial score (nSPS) is 13.8. The van der Waals surface area contributed by atoms with E-state index in [1.807, 2.05) is 80.8 Å². The van der Waals surface area contributed by atoms with Crippen molar-refractivity contribution in [1.82, 2.24) is 25.0 Å². The molecular weight excluding hydrogens is 610 g/mol. The third-order valence-electron chi connectivity index (χ3n) is 6.18. The molecule has 0 bridgehead atoms. The molecular formula is C37H75N5O6. The van der Waals surface area contributed by atoms with Crippen molar-refractivity contribution in [3.63, 3.8) is 0 Å². The molecule has 0 aliphatic carbocycles. The van der Waals surface area contributed by atoms with E-state index in [9.17, 15) is 19.5 Å². The molecule has 0 spiro atoms. The standard InChI is InChI=1S/C9H17NO2.C8H17NO.C8H18O.C6H11N3.C6H12O2/c1-7(2)5-10-8(11)12-6-9(10,3)4;1-6(2)7(10)9-8(3,4)5;1-7(2)5-6-8(3,4)9;1-6(2)3-9-5-7-4-8-9;1-4-8-6(7)5(2)3/h7H,5-6H2,1-4H3;6H,1-5H3,(H,9,10);7,9H,5-6H2,1-4H3;4-6H,3H2,1-2H3;5H,4H2,1-3H3. The lowest BCUT2D eigenvalue weighted by molar-refractivity contribution is -0.146. The lowest BCUT2D eigenvalue weighted by Gasteiger charge is -2.29. The third kappa shape index (κ3) is 30.6. The van der Waals surface area contributed by atoms with Crippen molar-refractivity contribution < 1.29 is 29.0 Å². The van der Waals surface area contributed by atoms with E-state index >= 15 is 0 Å². The highest BCUT2D eigenvalue weighted by Gasteiger charge is 2.39. The number of nitrogens with zero attached hydrogens (tertiary/aromatic N) is 4. The Morgan fingerprint density at radius 1 is 0.938 bits per heavy atom. The number of cyclic esters (lactones) is 1. The number of ether oxygens (including phenoxy) is 2. The van der Waals surface area contributed by atoms with Crippen LogP contribution in [0.25, 0.3) is 0 Å². The van der Waals surface area contributed by atoms with Gasteiger partial charge in [0.05, 0.1) is 23.7 Å². The lowest BCUT2D eigenvalue weighted by atomic mass is 9.97. The maximum Gasteiger partial charge on any atom is 0.410 e. The number of hydrogen-bond acceptors (Lipinski definition) is 8. The highest BCUT2D eigenvalue weighted by atomic mass is 16.6. The monoisotopic (exact) mass is 686 g/mol. The average molecular weight is 686 g/mol. The van der Waals surface area contributed by atoms with E-state index in [4.69, 9.17) is 4.74 Å². The molecule has 0 atom stereocenters. The molecule has 1 saturated heterocycles. The van der Waals surface area contributed by atoms with Crippen molar-refractivity contribution in [2.45, 2.75) is 161 Å². The van der Waals surface area contributed by atoms with E-state index in [0.717, 1.165) is 25.9 Å². The van der Waals surface area contributed by atoms with Gasteiger partial charge in [-0.1, -0.05) is 69.2 Å². The highest BCUT2D eigenvalue weighted by molar-refractivity contribution is 5.78. The van der Waals surface area contributed by atoms with Crippen LogP contribution in [0.3, 0.4) is 0 Å². The minimum Gasteiger partial charge on any atom is -0.466 e. The SMILES string of the molecule is CC(C)C(=O)NC(C)(C)C.CC(C)CCC(C)(C)O.CC(C)CN1C(=O)OCC1(C)C.CC(C)Cn1cncn1.CCOC(=O)C(C)C. The van der Waals surface area contributed by atoms with Gasteiger partial charge >= 0.3 is 12.1 Å². The molecule has 0 saturated carbocycles. The van der Waals surface area contributed by atoms with E-state index in [2.05, 4.69) is 61.7 Å². The van der Waals surface area contributed by atoms with Crippen LogP contribution in [0.2, 0.25) is 0 Å². The number of aromatic nitrogens is 3. The molecule has 11 heteroatoms. The molecule has 1 aliphatic rings. The minimum atomic E-state index is -0.468. The first kappa shape index (κ1) is 49.7. The predicted octanol–water partition coefficient (Wildman–Crippen LogP) is 7.76. The summed E-state index contributed by atoms with van der Waals surface area (Å²) in [7, 11) is 0. The summed E-state index contributed by atoms with van der Waals surface area (Å²) in [6, 6.07) is 0. The largest absolute Gasteiger partial charge is 0.466 e. The average Bonchev–Trinajstić information content (AvgIpc) is 3.50. The second-order valence-corrected chi connectivity index (χ2v) is 16.4. The summed E-state index contributed by atoms with van der Waals surface area (Å²) in [5, 5.41) is 16.1. The van der Waals surface area contributed by atoms with Crippen molar-refractivity contribution in [2.75, 3.05) is 19.8 Å². The van der Waals surface area contributed by atoms with Gasteiger partial charge in [0.15, 0.2) is 0 Å². The maximum atomic E-state index is 11.2. The van der Waals surface area contributed by atoms with Crippen molar-refractivity contribution in [3.05, 3.63) is 12.7 Å². The molecule has 11 nitrogen and oxygen atoms in total. The molecule has 1 aromatic heterocycles. The van der Waals surface area contributed by atoms with Crippen LogP contribution in [-0.2, 0) is 25.6 Å². The Kier molecular flexibility index (Phi) is 25.3.